The second-order valence-corrected chi connectivity index (χ2v) is 6.78. The van der Waals surface area contributed by atoms with E-state index in [1.807, 2.05) is 0 Å². The maximum absolute atomic E-state index is 5.97. The first-order valence-electron chi connectivity index (χ1n) is 6.25. The van der Waals surface area contributed by atoms with Crippen molar-refractivity contribution in [2.45, 2.75) is 38.8 Å². The summed E-state index contributed by atoms with van der Waals surface area (Å²) in [5, 5.41) is 5.67. The number of ether oxygens (including phenoxy) is 1. The van der Waals surface area contributed by atoms with E-state index in [4.69, 9.17) is 4.74 Å². The highest BCUT2D eigenvalue weighted by Crippen LogP contribution is 2.37. The number of hydrogen-bond acceptors (Lipinski definition) is 3. The van der Waals surface area contributed by atoms with Crippen LogP contribution in [-0.4, -0.2) is 19.2 Å². The molecule has 1 saturated heterocycles. The monoisotopic (exact) mass is 317 g/mol. The van der Waals surface area contributed by atoms with Gasteiger partial charge in [-0.25, -0.2) is 0 Å². The van der Waals surface area contributed by atoms with Crippen LogP contribution in [0.2, 0.25) is 0 Å². The molecular formula is C13H20BrNOS. The van der Waals surface area contributed by atoms with Crippen LogP contribution in [0.4, 0.5) is 0 Å². The molecule has 2 nitrogen and oxygen atoms in total. The Morgan fingerprint density at radius 3 is 3.06 bits per heavy atom. The van der Waals surface area contributed by atoms with E-state index in [2.05, 4.69) is 46.5 Å². The molecule has 1 aromatic rings. The summed E-state index contributed by atoms with van der Waals surface area (Å²) in [4.78, 5) is 1.35. The highest BCUT2D eigenvalue weighted by molar-refractivity contribution is 9.10. The Morgan fingerprint density at radius 1 is 1.59 bits per heavy atom. The van der Waals surface area contributed by atoms with Crippen LogP contribution in [0.3, 0.4) is 0 Å². The van der Waals surface area contributed by atoms with Gasteiger partial charge in [-0.3, -0.25) is 0 Å². The van der Waals surface area contributed by atoms with Gasteiger partial charge in [-0.1, -0.05) is 13.8 Å². The first-order valence-corrected chi connectivity index (χ1v) is 7.93. The topological polar surface area (TPSA) is 21.3 Å². The van der Waals surface area contributed by atoms with Crippen LogP contribution in [0, 0.1) is 5.92 Å². The zero-order chi connectivity index (χ0) is 12.3. The van der Waals surface area contributed by atoms with Crippen LogP contribution in [-0.2, 0) is 4.74 Å². The van der Waals surface area contributed by atoms with Crippen molar-refractivity contribution in [3.05, 3.63) is 20.8 Å². The molecule has 0 amide bonds. The number of hydrogen-bond donors (Lipinski definition) is 1. The van der Waals surface area contributed by atoms with E-state index in [-0.39, 0.29) is 6.10 Å². The molecule has 1 N–H and O–H groups in total. The van der Waals surface area contributed by atoms with Crippen molar-refractivity contribution in [2.24, 2.45) is 5.92 Å². The molecule has 0 saturated carbocycles. The van der Waals surface area contributed by atoms with Crippen molar-refractivity contribution < 1.29 is 4.74 Å². The van der Waals surface area contributed by atoms with Crippen LogP contribution >= 0.6 is 27.3 Å². The second-order valence-electron chi connectivity index (χ2n) is 4.92. The molecule has 4 heteroatoms. The minimum atomic E-state index is 0.284. The molecule has 2 rings (SSSR count). The van der Waals surface area contributed by atoms with Crippen molar-refractivity contribution in [2.75, 3.05) is 13.2 Å². The summed E-state index contributed by atoms with van der Waals surface area (Å²) in [5.41, 5.74) is 0. The van der Waals surface area contributed by atoms with Gasteiger partial charge in [0.1, 0.15) is 0 Å². The lowest BCUT2D eigenvalue weighted by atomic mass is 9.93. The van der Waals surface area contributed by atoms with Gasteiger partial charge in [0.25, 0.3) is 0 Å². The maximum atomic E-state index is 5.97. The van der Waals surface area contributed by atoms with E-state index in [1.54, 1.807) is 11.3 Å². The summed E-state index contributed by atoms with van der Waals surface area (Å²) < 4.78 is 7.14. The molecule has 0 aromatic carbocycles. The Balaban J connectivity index is 2.01. The van der Waals surface area contributed by atoms with Gasteiger partial charge >= 0.3 is 0 Å². The summed E-state index contributed by atoms with van der Waals surface area (Å²) in [5.74, 6) is 0.608. The van der Waals surface area contributed by atoms with Crippen molar-refractivity contribution in [1.29, 1.82) is 0 Å². The van der Waals surface area contributed by atoms with Gasteiger partial charge in [-0.2, -0.15) is 0 Å². The van der Waals surface area contributed by atoms with Gasteiger partial charge in [-0.05, 0) is 34.8 Å². The molecule has 1 aliphatic rings. The predicted molar refractivity (Wildman–Crippen MR) is 76.6 cm³/mol. The Kier molecular flexibility index (Phi) is 5.03. The van der Waals surface area contributed by atoms with Crippen LogP contribution < -0.4 is 5.32 Å². The van der Waals surface area contributed by atoms with Crippen LogP contribution in [0.1, 0.15) is 37.7 Å². The number of rotatable bonds is 4. The molecule has 1 aliphatic heterocycles. The van der Waals surface area contributed by atoms with Gasteiger partial charge < -0.3 is 10.1 Å². The van der Waals surface area contributed by atoms with E-state index in [9.17, 15) is 0 Å². The van der Waals surface area contributed by atoms with Gasteiger partial charge in [0.05, 0.1) is 6.10 Å². The smallest absolute Gasteiger partial charge is 0.0957 e. The fraction of sp³-hybridized carbons (Fsp3) is 0.692. The molecule has 2 unspecified atom stereocenters. The van der Waals surface area contributed by atoms with Gasteiger partial charge in [0.2, 0.25) is 0 Å². The summed E-state index contributed by atoms with van der Waals surface area (Å²) in [6.07, 6.45) is 2.74. The average Bonchev–Trinajstić information content (AvgIpc) is 2.73. The number of thiophene rings is 1. The van der Waals surface area contributed by atoms with Crippen molar-refractivity contribution in [3.63, 3.8) is 0 Å². The molecular weight excluding hydrogens is 298 g/mol. The molecule has 1 aromatic heterocycles. The first-order chi connectivity index (χ1) is 8.16. The number of halogens is 1. The van der Waals surface area contributed by atoms with Gasteiger partial charge in [-0.15, -0.1) is 11.3 Å². The first kappa shape index (κ1) is 13.5. The minimum Gasteiger partial charge on any atom is -0.372 e. The quantitative estimate of drug-likeness (QED) is 0.907. The van der Waals surface area contributed by atoms with Gasteiger partial charge in [0.15, 0.2) is 0 Å². The van der Waals surface area contributed by atoms with E-state index in [0.29, 0.717) is 12.0 Å². The summed E-state index contributed by atoms with van der Waals surface area (Å²) in [6, 6.07) is 2.75. The third-order valence-electron chi connectivity index (χ3n) is 3.10. The molecule has 0 radical (unpaired) electrons. The predicted octanol–water partition coefficient (Wildman–Crippen LogP) is 3.98. The third-order valence-corrected chi connectivity index (χ3v) is 4.86. The molecule has 0 spiro atoms. The molecule has 17 heavy (non-hydrogen) atoms. The van der Waals surface area contributed by atoms with Crippen molar-refractivity contribution in [3.8, 4) is 0 Å². The maximum Gasteiger partial charge on any atom is 0.0957 e. The van der Waals surface area contributed by atoms with Crippen molar-refractivity contribution in [1.82, 2.24) is 5.32 Å². The van der Waals surface area contributed by atoms with E-state index < -0.39 is 0 Å². The Morgan fingerprint density at radius 2 is 2.41 bits per heavy atom. The molecule has 1 fully saturated rings. The second kappa shape index (κ2) is 6.32. The third kappa shape index (κ3) is 3.78. The van der Waals surface area contributed by atoms with Crippen LogP contribution in [0.15, 0.2) is 15.9 Å². The number of nitrogens with one attached hydrogen (secondary N) is 1. The lowest BCUT2D eigenvalue weighted by Gasteiger charge is -2.32. The minimum absolute atomic E-state index is 0.284. The Bertz CT molecular complexity index is 353. The fourth-order valence-electron chi connectivity index (χ4n) is 2.23. The standard InChI is InChI=1S/C13H20BrNOS/c1-9(2)15-7-10-4-3-5-16-13(10)12-6-11(14)8-17-12/h6,8-10,13,15H,3-5,7H2,1-2H3. The zero-order valence-corrected chi connectivity index (χ0v) is 12.8. The van der Waals surface area contributed by atoms with Crippen molar-refractivity contribution >= 4 is 27.3 Å². The van der Waals surface area contributed by atoms with Crippen LogP contribution in [0.25, 0.3) is 0 Å². The lowest BCUT2D eigenvalue weighted by molar-refractivity contribution is -0.0261. The SMILES string of the molecule is CC(C)NCC1CCCOC1c1cc(Br)cs1. The molecule has 0 aliphatic carbocycles. The highest BCUT2D eigenvalue weighted by atomic mass is 79.9. The zero-order valence-electron chi connectivity index (χ0n) is 10.4. The normalized spacial score (nSPS) is 25.4. The fourth-order valence-corrected chi connectivity index (χ4v) is 3.82. The van der Waals surface area contributed by atoms with E-state index >= 15 is 0 Å². The molecule has 96 valence electrons. The molecule has 2 heterocycles. The van der Waals surface area contributed by atoms with E-state index in [1.165, 1.54) is 22.2 Å². The average molecular weight is 318 g/mol. The summed E-state index contributed by atoms with van der Waals surface area (Å²) in [7, 11) is 0. The molecule has 2 atom stereocenters. The largest absolute Gasteiger partial charge is 0.372 e. The van der Waals surface area contributed by atoms with Gasteiger partial charge in [0, 0.05) is 39.8 Å². The van der Waals surface area contributed by atoms with Crippen LogP contribution in [0.5, 0.6) is 0 Å². The lowest BCUT2D eigenvalue weighted by Crippen LogP contribution is -2.34. The Labute approximate surface area is 116 Å². The summed E-state index contributed by atoms with van der Waals surface area (Å²) in [6.45, 7) is 6.34. The summed E-state index contributed by atoms with van der Waals surface area (Å²) >= 11 is 5.31. The Hall–Kier alpha value is 0.1000. The highest BCUT2D eigenvalue weighted by Gasteiger charge is 2.28. The van der Waals surface area contributed by atoms with E-state index in [0.717, 1.165) is 13.2 Å². The molecule has 0 bridgehead atoms.